The summed E-state index contributed by atoms with van der Waals surface area (Å²) in [4.78, 5) is 25.6. The maximum atomic E-state index is 12.6. The van der Waals surface area contributed by atoms with Gasteiger partial charge in [0.1, 0.15) is 0 Å². The number of hydrogen-bond donors (Lipinski definition) is 1. The van der Waals surface area contributed by atoms with Crippen LogP contribution in [-0.2, 0) is 0 Å². The van der Waals surface area contributed by atoms with Crippen molar-refractivity contribution in [3.05, 3.63) is 65.9 Å². The summed E-state index contributed by atoms with van der Waals surface area (Å²) in [5.74, 6) is 0.199. The maximum Gasteiger partial charge on any atom is 0.389 e. The van der Waals surface area contributed by atoms with Crippen LogP contribution in [-0.4, -0.2) is 34.4 Å². The van der Waals surface area contributed by atoms with Crippen LogP contribution in [0.5, 0.6) is 0 Å². The van der Waals surface area contributed by atoms with Crippen molar-refractivity contribution >= 4 is 38.4 Å². The summed E-state index contributed by atoms with van der Waals surface area (Å²) in [6.07, 6.45) is -3.43. The number of amides is 1. The summed E-state index contributed by atoms with van der Waals surface area (Å²) in [6, 6.07) is 14.3. The summed E-state index contributed by atoms with van der Waals surface area (Å²) in [6.45, 7) is 2.32. The Morgan fingerprint density at radius 3 is 2.82 bits per heavy atom. The molecule has 0 radical (unpaired) electrons. The fourth-order valence-corrected chi connectivity index (χ4v) is 5.96. The molecule has 1 aliphatic heterocycles. The normalized spacial score (nSPS) is 16.8. The molecule has 0 saturated heterocycles. The van der Waals surface area contributed by atoms with Crippen molar-refractivity contribution in [2.45, 2.75) is 30.8 Å². The number of thiol groups is 1. The van der Waals surface area contributed by atoms with Crippen LogP contribution >= 0.6 is 10.9 Å². The van der Waals surface area contributed by atoms with Gasteiger partial charge in [0, 0.05) is 36.7 Å². The highest BCUT2D eigenvalue weighted by Gasteiger charge is 2.30. The average Bonchev–Trinajstić information content (AvgIpc) is 3.26. The minimum absolute atomic E-state index is 0.0739. The largest absolute Gasteiger partial charge is 0.389 e. The van der Waals surface area contributed by atoms with Crippen molar-refractivity contribution in [2.75, 3.05) is 12.3 Å². The van der Waals surface area contributed by atoms with Gasteiger partial charge in [0.05, 0.1) is 16.1 Å². The van der Waals surface area contributed by atoms with Crippen molar-refractivity contribution < 1.29 is 18.0 Å². The van der Waals surface area contributed by atoms with E-state index in [1.165, 1.54) is 0 Å². The van der Waals surface area contributed by atoms with E-state index in [2.05, 4.69) is 25.1 Å². The Balaban J connectivity index is 1.47. The molecule has 1 aromatic heterocycles. The number of benzene rings is 2. The van der Waals surface area contributed by atoms with Crippen LogP contribution in [0.3, 0.4) is 0 Å². The molecule has 1 amide bonds. The summed E-state index contributed by atoms with van der Waals surface area (Å²) in [5.41, 5.74) is 2.45. The Morgan fingerprint density at radius 2 is 2.03 bits per heavy atom. The van der Waals surface area contributed by atoms with Crippen molar-refractivity contribution in [1.29, 1.82) is 0 Å². The Bertz CT molecular complexity index is 1300. The van der Waals surface area contributed by atoms with Crippen molar-refractivity contribution in [1.82, 2.24) is 9.90 Å². The van der Waals surface area contributed by atoms with Gasteiger partial charge in [-0.25, -0.2) is 0 Å². The molecule has 2 heterocycles. The third-order valence-corrected chi connectivity index (χ3v) is 7.73. The van der Waals surface area contributed by atoms with Gasteiger partial charge in [-0.3, -0.25) is 14.8 Å². The SMILES string of the molecule is Cc1cc([SH]2CCN=C2CCC(F)(F)F)ccc1C(=O)N=[N+]=Nc1ccc2ncccc2c1. The number of fused-ring (bicyclic) bond motifs is 1. The molecule has 6 nitrogen and oxygen atoms in total. The van der Waals surface area contributed by atoms with Crippen LogP contribution in [0, 0.1) is 6.92 Å². The Hall–Kier alpha value is -3.36. The zero-order valence-electron chi connectivity index (χ0n) is 17.8. The molecule has 0 N–H and O–H groups in total. The minimum Gasteiger partial charge on any atom is -0.284 e. The van der Waals surface area contributed by atoms with Gasteiger partial charge < -0.3 is 0 Å². The number of hydrogen-bond acceptors (Lipinski definition) is 4. The summed E-state index contributed by atoms with van der Waals surface area (Å²) < 4.78 is 37.8. The van der Waals surface area contributed by atoms with Crippen LogP contribution in [0.4, 0.5) is 18.9 Å². The van der Waals surface area contributed by atoms with E-state index in [1.54, 1.807) is 37.4 Å². The Kier molecular flexibility index (Phi) is 6.67. The van der Waals surface area contributed by atoms with Crippen molar-refractivity contribution in [3.8, 4) is 0 Å². The molecule has 170 valence electrons. The van der Waals surface area contributed by atoms with E-state index in [-0.39, 0.29) is 6.42 Å². The number of aliphatic imine (C=N–C) groups is 1. The third-order valence-electron chi connectivity index (χ3n) is 5.20. The zero-order valence-corrected chi connectivity index (χ0v) is 18.6. The van der Waals surface area contributed by atoms with Gasteiger partial charge in [-0.2, -0.15) is 24.1 Å². The highest BCUT2D eigenvalue weighted by molar-refractivity contribution is 8.30. The lowest BCUT2D eigenvalue weighted by Crippen LogP contribution is -2.10. The van der Waals surface area contributed by atoms with Crippen LogP contribution < -0.4 is 4.91 Å². The summed E-state index contributed by atoms with van der Waals surface area (Å²) in [5, 5.41) is 9.21. The van der Waals surface area contributed by atoms with E-state index < -0.39 is 29.4 Å². The lowest BCUT2D eigenvalue weighted by atomic mass is 10.1. The predicted octanol–water partition coefficient (Wildman–Crippen LogP) is 6.10. The fourth-order valence-electron chi connectivity index (χ4n) is 3.59. The standard InChI is InChI=1S/C23H21F3N5OS/c1-15-13-18(33-12-11-28-21(33)8-9-23(24,25)26)5-6-19(15)22(32)30-31-29-17-4-7-20-16(14-17)3-2-10-27-20/h2-7,10,13-14,33H,8-9,11-12H2,1H3/q+1. The minimum atomic E-state index is -4.20. The molecule has 1 aliphatic rings. The number of aryl methyl sites for hydroxylation is 1. The number of aromatic nitrogens is 1. The van der Waals surface area contributed by atoms with Crippen LogP contribution in [0.2, 0.25) is 0 Å². The lowest BCUT2D eigenvalue weighted by Gasteiger charge is -2.19. The maximum absolute atomic E-state index is 12.6. The molecule has 0 spiro atoms. The molecule has 1 atom stereocenters. The van der Waals surface area contributed by atoms with E-state index >= 15 is 0 Å². The molecule has 0 bridgehead atoms. The van der Waals surface area contributed by atoms with Crippen LogP contribution in [0.15, 0.2) is 74.8 Å². The van der Waals surface area contributed by atoms with E-state index in [9.17, 15) is 18.0 Å². The predicted molar refractivity (Wildman–Crippen MR) is 124 cm³/mol. The number of halogens is 3. The molecular formula is C23H21F3N5OS+. The molecule has 3 aromatic rings. The van der Waals surface area contributed by atoms with Gasteiger partial charge in [-0.1, -0.05) is 6.07 Å². The first kappa shape index (κ1) is 22.8. The highest BCUT2D eigenvalue weighted by Crippen LogP contribution is 2.44. The lowest BCUT2D eigenvalue weighted by molar-refractivity contribution is -0.132. The van der Waals surface area contributed by atoms with E-state index in [0.29, 0.717) is 28.4 Å². The quantitative estimate of drug-likeness (QED) is 0.276. The second-order valence-corrected chi connectivity index (χ2v) is 9.87. The third kappa shape index (κ3) is 5.71. The Labute approximate surface area is 190 Å². The Morgan fingerprint density at radius 1 is 1.18 bits per heavy atom. The molecular weight excluding hydrogens is 451 g/mol. The second-order valence-electron chi connectivity index (χ2n) is 7.54. The first-order chi connectivity index (χ1) is 15.8. The van der Waals surface area contributed by atoms with E-state index in [1.807, 2.05) is 24.3 Å². The molecule has 2 aromatic carbocycles. The van der Waals surface area contributed by atoms with Crippen LogP contribution in [0.25, 0.3) is 10.9 Å². The monoisotopic (exact) mass is 472 g/mol. The van der Waals surface area contributed by atoms with Crippen molar-refractivity contribution in [3.63, 3.8) is 0 Å². The smallest absolute Gasteiger partial charge is 0.284 e. The highest BCUT2D eigenvalue weighted by atomic mass is 32.2. The number of carbonyl (C=O) groups is 1. The van der Waals surface area contributed by atoms with Gasteiger partial charge in [-0.15, -0.1) is 0 Å². The molecule has 1 unspecified atom stereocenters. The molecule has 33 heavy (non-hydrogen) atoms. The number of alkyl halides is 3. The van der Waals surface area contributed by atoms with Crippen LogP contribution in [0.1, 0.15) is 28.8 Å². The van der Waals surface area contributed by atoms with Gasteiger partial charge >= 0.3 is 12.1 Å². The molecule has 0 saturated carbocycles. The molecule has 0 aliphatic carbocycles. The topological polar surface area (TPSA) is 81.1 Å². The van der Waals surface area contributed by atoms with E-state index in [0.717, 1.165) is 21.6 Å². The summed E-state index contributed by atoms with van der Waals surface area (Å²) >= 11 is 0. The molecule has 10 heteroatoms. The van der Waals surface area contributed by atoms with Gasteiger partial charge in [0.2, 0.25) is 10.0 Å². The van der Waals surface area contributed by atoms with Crippen molar-refractivity contribution in [2.24, 2.45) is 15.2 Å². The first-order valence-electron chi connectivity index (χ1n) is 10.3. The fraction of sp³-hybridized carbons (Fsp3) is 0.261. The zero-order chi connectivity index (χ0) is 23.4. The number of pyridine rings is 1. The molecule has 0 fully saturated rings. The molecule has 4 rings (SSSR count). The number of rotatable bonds is 5. The van der Waals surface area contributed by atoms with E-state index in [4.69, 9.17) is 0 Å². The summed E-state index contributed by atoms with van der Waals surface area (Å²) in [7, 11) is -0.900. The van der Waals surface area contributed by atoms with Gasteiger partial charge in [-0.05, 0) is 59.8 Å². The first-order valence-corrected chi connectivity index (χ1v) is 11.8. The average molecular weight is 473 g/mol. The van der Waals surface area contributed by atoms with Gasteiger partial charge in [0.15, 0.2) is 10.8 Å². The van der Waals surface area contributed by atoms with Gasteiger partial charge in [0.25, 0.3) is 0 Å². The number of nitrogens with zero attached hydrogens (tertiary/aromatic N) is 5. The second kappa shape index (κ2) is 9.64. The number of carbonyl (C=O) groups excluding carboxylic acids is 1.